The van der Waals surface area contributed by atoms with Crippen LogP contribution in [0.15, 0.2) is 42.5 Å². The van der Waals surface area contributed by atoms with Gasteiger partial charge in [0.25, 0.3) is 23.6 Å². The molecule has 2 aromatic carbocycles. The lowest BCUT2D eigenvalue weighted by Gasteiger charge is -2.29. The molecule has 0 aliphatic carbocycles. The second-order valence-corrected chi connectivity index (χ2v) is 8.66. The van der Waals surface area contributed by atoms with Crippen molar-refractivity contribution in [1.29, 1.82) is 0 Å². The van der Waals surface area contributed by atoms with Crippen molar-refractivity contribution >= 4 is 33.3 Å². The van der Waals surface area contributed by atoms with Gasteiger partial charge in [-0.25, -0.2) is 0 Å². The molecule has 26 heavy (non-hydrogen) atoms. The van der Waals surface area contributed by atoms with Gasteiger partial charge in [-0.1, -0.05) is 38.1 Å². The standard InChI is InChI=1S/C19H14N2O4Si/c1-19(2,13-9-5-8-12-14(13)16(23)20-15(12)22)26-21-17(24)10-6-3-4-7-11(10)18(21)25/h3-9H,1-2H3,(H,20,22,23). The summed E-state index contributed by atoms with van der Waals surface area (Å²) in [6.45, 7) is 3.72. The molecule has 128 valence electrons. The first-order valence-corrected chi connectivity index (χ1v) is 9.01. The molecule has 0 spiro atoms. The number of carbonyl (C=O) groups excluding carboxylic acids is 4. The van der Waals surface area contributed by atoms with Gasteiger partial charge in [0.15, 0.2) is 0 Å². The van der Waals surface area contributed by atoms with E-state index in [1.807, 2.05) is 13.8 Å². The fourth-order valence-electron chi connectivity index (χ4n) is 3.37. The largest absolute Gasteiger partial charge is 0.303 e. The zero-order valence-electron chi connectivity index (χ0n) is 14.1. The summed E-state index contributed by atoms with van der Waals surface area (Å²) in [6.07, 6.45) is 0. The van der Waals surface area contributed by atoms with Crippen LogP contribution in [-0.4, -0.2) is 37.9 Å². The highest BCUT2D eigenvalue weighted by molar-refractivity contribution is 6.51. The van der Waals surface area contributed by atoms with Crippen LogP contribution >= 0.6 is 0 Å². The maximum absolute atomic E-state index is 12.6. The second-order valence-electron chi connectivity index (χ2n) is 6.74. The van der Waals surface area contributed by atoms with Crippen LogP contribution in [0.25, 0.3) is 0 Å². The number of benzene rings is 2. The van der Waals surface area contributed by atoms with Crippen molar-refractivity contribution in [3.05, 3.63) is 70.3 Å². The number of fused-ring (bicyclic) bond motifs is 2. The molecule has 2 heterocycles. The second kappa shape index (κ2) is 5.47. The Morgan fingerprint density at radius 3 is 2.00 bits per heavy atom. The van der Waals surface area contributed by atoms with E-state index in [0.29, 0.717) is 27.8 Å². The number of imide groups is 2. The third kappa shape index (κ3) is 2.24. The van der Waals surface area contributed by atoms with Crippen molar-refractivity contribution in [1.82, 2.24) is 9.88 Å². The molecule has 2 aromatic rings. The van der Waals surface area contributed by atoms with Gasteiger partial charge in [-0.3, -0.25) is 24.5 Å². The first-order chi connectivity index (χ1) is 12.3. The third-order valence-electron chi connectivity index (χ3n) is 4.62. The Kier molecular flexibility index (Phi) is 3.45. The topological polar surface area (TPSA) is 83.6 Å². The summed E-state index contributed by atoms with van der Waals surface area (Å²) in [5.41, 5.74) is 2.09. The van der Waals surface area contributed by atoms with E-state index in [1.54, 1.807) is 42.5 Å². The first kappa shape index (κ1) is 16.4. The van der Waals surface area contributed by atoms with E-state index in [0.717, 1.165) is 0 Å². The van der Waals surface area contributed by atoms with E-state index >= 15 is 0 Å². The van der Waals surface area contributed by atoms with Crippen LogP contribution in [-0.2, 0) is 5.04 Å². The number of nitrogens with one attached hydrogen (secondary N) is 1. The van der Waals surface area contributed by atoms with Gasteiger partial charge in [-0.05, 0) is 23.8 Å². The maximum Gasteiger partial charge on any atom is 0.259 e. The molecule has 0 aromatic heterocycles. The van der Waals surface area contributed by atoms with Gasteiger partial charge in [0.2, 0.25) is 9.68 Å². The summed E-state index contributed by atoms with van der Waals surface area (Å²) in [5, 5.41) is 1.62. The predicted octanol–water partition coefficient (Wildman–Crippen LogP) is 1.72. The number of amides is 4. The monoisotopic (exact) mass is 362 g/mol. The van der Waals surface area contributed by atoms with Crippen LogP contribution in [0.5, 0.6) is 0 Å². The van der Waals surface area contributed by atoms with Gasteiger partial charge in [0.05, 0.1) is 22.3 Å². The highest BCUT2D eigenvalue weighted by Gasteiger charge is 2.42. The Balaban J connectivity index is 1.72. The number of rotatable bonds is 3. The summed E-state index contributed by atoms with van der Waals surface area (Å²) >= 11 is 0. The predicted molar refractivity (Wildman–Crippen MR) is 94.0 cm³/mol. The average molecular weight is 362 g/mol. The minimum absolute atomic E-state index is 0.205. The average Bonchev–Trinajstić information content (AvgIpc) is 3.04. The fraction of sp³-hybridized carbons (Fsp3) is 0.158. The van der Waals surface area contributed by atoms with Gasteiger partial charge in [0.1, 0.15) is 0 Å². The molecule has 4 amide bonds. The molecule has 2 aliphatic rings. The number of hydrogen-bond donors (Lipinski definition) is 1. The summed E-state index contributed by atoms with van der Waals surface area (Å²) in [4.78, 5) is 49.4. The molecule has 0 fully saturated rings. The summed E-state index contributed by atoms with van der Waals surface area (Å²) < 4.78 is 1.23. The summed E-state index contributed by atoms with van der Waals surface area (Å²) in [5.74, 6) is -1.53. The highest BCUT2D eigenvalue weighted by Crippen LogP contribution is 2.32. The van der Waals surface area contributed by atoms with Crippen molar-refractivity contribution in [3.8, 4) is 0 Å². The minimum Gasteiger partial charge on any atom is -0.303 e. The molecule has 0 saturated heterocycles. The van der Waals surface area contributed by atoms with Crippen LogP contribution in [0.2, 0.25) is 0 Å². The Bertz CT molecular complexity index is 977. The SMILES string of the molecule is CC(C)([Si]N1C(=O)c2ccccc2C1=O)c1cccc2c1C(=O)NC2=O. The Labute approximate surface area is 152 Å². The van der Waals surface area contributed by atoms with E-state index in [2.05, 4.69) is 5.32 Å². The van der Waals surface area contributed by atoms with Gasteiger partial charge >= 0.3 is 0 Å². The molecule has 7 heteroatoms. The van der Waals surface area contributed by atoms with Crippen molar-refractivity contribution < 1.29 is 19.2 Å². The van der Waals surface area contributed by atoms with E-state index in [9.17, 15) is 19.2 Å². The Morgan fingerprint density at radius 1 is 0.808 bits per heavy atom. The quantitative estimate of drug-likeness (QED) is 0.666. The molecule has 0 bridgehead atoms. The van der Waals surface area contributed by atoms with Crippen LogP contribution in [0.4, 0.5) is 0 Å². The van der Waals surface area contributed by atoms with Crippen molar-refractivity contribution in [2.45, 2.75) is 18.9 Å². The van der Waals surface area contributed by atoms with Gasteiger partial charge in [-0.15, -0.1) is 0 Å². The van der Waals surface area contributed by atoms with E-state index in [4.69, 9.17) is 0 Å². The fourth-order valence-corrected chi connectivity index (χ4v) is 4.70. The summed E-state index contributed by atoms with van der Waals surface area (Å²) in [7, 11) is -0.205. The smallest absolute Gasteiger partial charge is 0.259 e. The van der Waals surface area contributed by atoms with Crippen LogP contribution in [0.3, 0.4) is 0 Å². The third-order valence-corrected chi connectivity index (χ3v) is 6.08. The molecule has 2 radical (unpaired) electrons. The van der Waals surface area contributed by atoms with Gasteiger partial charge in [0, 0.05) is 5.04 Å². The molecule has 0 unspecified atom stereocenters. The minimum atomic E-state index is -0.680. The molecule has 0 saturated carbocycles. The van der Waals surface area contributed by atoms with E-state index in [1.165, 1.54) is 4.57 Å². The lowest BCUT2D eigenvalue weighted by Crippen LogP contribution is -2.44. The van der Waals surface area contributed by atoms with Crippen molar-refractivity contribution in [2.24, 2.45) is 0 Å². The van der Waals surface area contributed by atoms with Gasteiger partial charge in [-0.2, -0.15) is 0 Å². The first-order valence-electron chi connectivity index (χ1n) is 8.06. The number of hydrogen-bond acceptors (Lipinski definition) is 4. The zero-order chi connectivity index (χ0) is 18.6. The van der Waals surface area contributed by atoms with Crippen LogP contribution < -0.4 is 5.32 Å². The molecule has 2 aliphatic heterocycles. The van der Waals surface area contributed by atoms with E-state index in [-0.39, 0.29) is 21.5 Å². The maximum atomic E-state index is 12.6. The van der Waals surface area contributed by atoms with Crippen molar-refractivity contribution in [3.63, 3.8) is 0 Å². The molecule has 1 N–H and O–H groups in total. The van der Waals surface area contributed by atoms with Crippen LogP contribution in [0, 0.1) is 0 Å². The number of nitrogens with zero attached hydrogens (tertiary/aromatic N) is 1. The Hall–Kier alpha value is -3.06. The highest BCUT2D eigenvalue weighted by atomic mass is 28.2. The molecule has 4 rings (SSSR count). The number of carbonyl (C=O) groups is 4. The normalized spacial score (nSPS) is 16.0. The molecular weight excluding hydrogens is 348 g/mol. The molecule has 6 nitrogen and oxygen atoms in total. The lowest BCUT2D eigenvalue weighted by atomic mass is 9.93. The van der Waals surface area contributed by atoms with Gasteiger partial charge < -0.3 is 4.57 Å². The van der Waals surface area contributed by atoms with Crippen LogP contribution in [0.1, 0.15) is 60.8 Å². The van der Waals surface area contributed by atoms with Crippen molar-refractivity contribution in [2.75, 3.05) is 0 Å². The molecule has 0 atom stereocenters. The Morgan fingerprint density at radius 2 is 1.38 bits per heavy atom. The van der Waals surface area contributed by atoms with E-state index < -0.39 is 16.9 Å². The molecular formula is C19H14N2O4Si. The zero-order valence-corrected chi connectivity index (χ0v) is 15.1. The summed E-state index contributed by atoms with van der Waals surface area (Å²) in [6, 6.07) is 11.8. The lowest BCUT2D eigenvalue weighted by molar-refractivity contribution is 0.0756.